The molecule has 0 bridgehead atoms. The van der Waals surface area contributed by atoms with E-state index in [4.69, 9.17) is 4.42 Å². The summed E-state index contributed by atoms with van der Waals surface area (Å²) in [6.07, 6.45) is 4.31. The van der Waals surface area contributed by atoms with Crippen LogP contribution in [0.25, 0.3) is 43.9 Å². The SMILES string of the molecule is O=C(O)c1c(-c2ccc[nH]c2=O)c2c3occc3c(F)cc2n1Cc1ccc(O)c2ncccc12. The normalized spacial score (nSPS) is 11.6. The van der Waals surface area contributed by atoms with Crippen LogP contribution >= 0.6 is 0 Å². The average Bonchev–Trinajstić information content (AvgIpc) is 3.45. The maximum absolute atomic E-state index is 15.1. The molecule has 6 rings (SSSR count). The van der Waals surface area contributed by atoms with Crippen molar-refractivity contribution in [3.63, 3.8) is 0 Å². The van der Waals surface area contributed by atoms with Gasteiger partial charge in [0.1, 0.15) is 28.4 Å². The van der Waals surface area contributed by atoms with E-state index in [1.807, 2.05) is 0 Å². The van der Waals surface area contributed by atoms with Gasteiger partial charge in [0.25, 0.3) is 5.56 Å². The number of halogens is 1. The van der Waals surface area contributed by atoms with E-state index in [2.05, 4.69) is 9.97 Å². The predicted octanol–water partition coefficient (Wildman–Crippen LogP) is 4.88. The quantitative estimate of drug-likeness (QED) is 0.338. The van der Waals surface area contributed by atoms with Crippen LogP contribution in [-0.4, -0.2) is 30.7 Å². The Balaban J connectivity index is 1.76. The number of phenolic OH excluding ortho intramolecular Hbond substituents is 1. The molecule has 35 heavy (non-hydrogen) atoms. The Morgan fingerprint density at radius 2 is 2.00 bits per heavy atom. The number of rotatable bonds is 4. The zero-order valence-electron chi connectivity index (χ0n) is 17.9. The molecule has 3 N–H and O–H groups in total. The first-order chi connectivity index (χ1) is 17.0. The molecule has 0 unspecified atom stereocenters. The van der Waals surface area contributed by atoms with Gasteiger partial charge in [-0.1, -0.05) is 12.1 Å². The minimum atomic E-state index is -1.29. The fraction of sp³-hybridized carbons (Fsp3) is 0.0385. The van der Waals surface area contributed by atoms with Crippen LogP contribution in [0, 0.1) is 5.82 Å². The van der Waals surface area contributed by atoms with Gasteiger partial charge in [-0.05, 0) is 42.0 Å². The van der Waals surface area contributed by atoms with Crippen molar-refractivity contribution in [2.45, 2.75) is 6.54 Å². The summed E-state index contributed by atoms with van der Waals surface area (Å²) in [6, 6.07) is 12.4. The monoisotopic (exact) mass is 469 g/mol. The highest BCUT2D eigenvalue weighted by Crippen LogP contribution is 2.40. The van der Waals surface area contributed by atoms with Crippen LogP contribution in [0.5, 0.6) is 5.75 Å². The molecule has 0 saturated carbocycles. The van der Waals surface area contributed by atoms with Crippen LogP contribution in [0.3, 0.4) is 0 Å². The number of H-pyrrole nitrogens is 1. The number of nitrogens with one attached hydrogen (secondary N) is 1. The topological polar surface area (TPSA) is 121 Å². The summed E-state index contributed by atoms with van der Waals surface area (Å²) in [6.45, 7) is 0.0109. The number of aromatic hydroxyl groups is 1. The number of carbonyl (C=O) groups is 1. The smallest absolute Gasteiger partial charge is 0.353 e. The molecule has 0 aliphatic rings. The number of fused-ring (bicyclic) bond motifs is 4. The molecule has 0 saturated heterocycles. The first-order valence-electron chi connectivity index (χ1n) is 10.6. The second-order valence-electron chi connectivity index (χ2n) is 8.09. The molecular formula is C26H16FN3O5. The fourth-order valence-corrected chi connectivity index (χ4v) is 4.70. The molecule has 0 spiro atoms. The number of aromatic carboxylic acids is 1. The molecule has 0 amide bonds. The summed E-state index contributed by atoms with van der Waals surface area (Å²) in [5.41, 5.74) is 0.993. The van der Waals surface area contributed by atoms with Gasteiger partial charge in [0.2, 0.25) is 0 Å². The average molecular weight is 469 g/mol. The van der Waals surface area contributed by atoms with Crippen LogP contribution in [0.2, 0.25) is 0 Å². The number of pyridine rings is 2. The number of aromatic nitrogens is 3. The van der Waals surface area contributed by atoms with Crippen molar-refractivity contribution < 1.29 is 23.8 Å². The molecule has 0 atom stereocenters. The number of carboxylic acid groups (broad SMARTS) is 1. The third-order valence-corrected chi connectivity index (χ3v) is 6.17. The third kappa shape index (κ3) is 3.02. The van der Waals surface area contributed by atoms with Gasteiger partial charge in [0.05, 0.1) is 28.1 Å². The van der Waals surface area contributed by atoms with Crippen molar-refractivity contribution in [3.8, 4) is 16.9 Å². The van der Waals surface area contributed by atoms with Gasteiger partial charge < -0.3 is 24.2 Å². The Labute approximate surface area is 195 Å². The maximum Gasteiger partial charge on any atom is 0.353 e. The molecule has 0 radical (unpaired) electrons. The second kappa shape index (κ2) is 7.56. The van der Waals surface area contributed by atoms with E-state index in [0.29, 0.717) is 21.9 Å². The van der Waals surface area contributed by atoms with Crippen molar-refractivity contribution in [1.29, 1.82) is 0 Å². The summed E-state index contributed by atoms with van der Waals surface area (Å²) < 4.78 is 22.1. The Bertz CT molecular complexity index is 1860. The molecular weight excluding hydrogens is 453 g/mol. The lowest BCUT2D eigenvalue weighted by Crippen LogP contribution is -2.13. The van der Waals surface area contributed by atoms with E-state index < -0.39 is 17.3 Å². The standard InChI is InChI=1S/C26H16FN3O5/c27-17-11-18-21(24-15(17)7-10-35-24)20(16-4-2-9-29-25(16)32)23(26(33)34)30(18)12-13-5-6-19(31)22-14(13)3-1-8-28-22/h1-11,31H,12H2,(H,29,32)(H,33,34). The largest absolute Gasteiger partial charge is 0.506 e. The van der Waals surface area contributed by atoms with E-state index in [9.17, 15) is 19.8 Å². The molecule has 2 aromatic carbocycles. The number of hydrogen-bond acceptors (Lipinski definition) is 5. The van der Waals surface area contributed by atoms with Gasteiger partial charge in [0.15, 0.2) is 0 Å². The Hall–Kier alpha value is -4.92. The summed E-state index contributed by atoms with van der Waals surface area (Å²) in [5.74, 6) is -1.89. The molecule has 4 aromatic heterocycles. The molecule has 6 aromatic rings. The lowest BCUT2D eigenvalue weighted by atomic mass is 10.0. The van der Waals surface area contributed by atoms with Crippen molar-refractivity contribution in [1.82, 2.24) is 14.5 Å². The molecule has 9 heteroatoms. The minimum absolute atomic E-state index is 0.0109. The van der Waals surface area contributed by atoms with Gasteiger partial charge in [0, 0.05) is 29.9 Å². The highest BCUT2D eigenvalue weighted by atomic mass is 19.1. The molecule has 0 fully saturated rings. The molecule has 172 valence electrons. The summed E-state index contributed by atoms with van der Waals surface area (Å²) in [5, 5.41) is 21.7. The van der Waals surface area contributed by atoms with Crippen molar-refractivity contribution in [3.05, 3.63) is 94.6 Å². The van der Waals surface area contributed by atoms with Crippen LogP contribution in [0.15, 0.2) is 76.4 Å². The van der Waals surface area contributed by atoms with E-state index >= 15 is 4.39 Å². The third-order valence-electron chi connectivity index (χ3n) is 6.17. The van der Waals surface area contributed by atoms with Crippen LogP contribution in [-0.2, 0) is 6.54 Å². The fourth-order valence-electron chi connectivity index (χ4n) is 4.70. The molecule has 8 nitrogen and oxygen atoms in total. The highest BCUT2D eigenvalue weighted by Gasteiger charge is 2.29. The summed E-state index contributed by atoms with van der Waals surface area (Å²) >= 11 is 0. The first kappa shape index (κ1) is 20.7. The van der Waals surface area contributed by atoms with Crippen LogP contribution < -0.4 is 5.56 Å². The number of aromatic amines is 1. The van der Waals surface area contributed by atoms with Crippen molar-refractivity contribution in [2.75, 3.05) is 0 Å². The Morgan fingerprint density at radius 1 is 1.14 bits per heavy atom. The summed E-state index contributed by atoms with van der Waals surface area (Å²) in [4.78, 5) is 32.2. The van der Waals surface area contributed by atoms with Gasteiger partial charge in [-0.25, -0.2) is 9.18 Å². The van der Waals surface area contributed by atoms with E-state index in [1.165, 1.54) is 41.3 Å². The summed E-state index contributed by atoms with van der Waals surface area (Å²) in [7, 11) is 0. The number of nitrogens with zero attached hydrogens (tertiary/aromatic N) is 2. The van der Waals surface area contributed by atoms with E-state index in [0.717, 1.165) is 0 Å². The number of hydrogen-bond donors (Lipinski definition) is 3. The maximum atomic E-state index is 15.1. The van der Waals surface area contributed by atoms with Crippen molar-refractivity contribution in [2.24, 2.45) is 0 Å². The zero-order valence-corrected chi connectivity index (χ0v) is 17.9. The van der Waals surface area contributed by atoms with Gasteiger partial charge in [-0.2, -0.15) is 0 Å². The zero-order chi connectivity index (χ0) is 24.3. The van der Waals surface area contributed by atoms with Crippen LogP contribution in [0.1, 0.15) is 16.1 Å². The highest BCUT2D eigenvalue weighted by molar-refractivity contribution is 6.17. The number of carboxylic acids is 1. The lowest BCUT2D eigenvalue weighted by molar-refractivity contribution is 0.0687. The van der Waals surface area contributed by atoms with Crippen molar-refractivity contribution >= 4 is 38.7 Å². The molecule has 0 aliphatic carbocycles. The first-order valence-corrected chi connectivity index (χ1v) is 10.6. The van der Waals surface area contributed by atoms with E-state index in [-0.39, 0.29) is 45.6 Å². The minimum Gasteiger partial charge on any atom is -0.506 e. The Morgan fingerprint density at radius 3 is 2.80 bits per heavy atom. The Kier molecular flexibility index (Phi) is 4.46. The lowest BCUT2D eigenvalue weighted by Gasteiger charge is -2.12. The molecule has 0 aliphatic heterocycles. The number of phenols is 1. The molecule has 4 heterocycles. The van der Waals surface area contributed by atoms with Crippen LogP contribution in [0.4, 0.5) is 4.39 Å². The van der Waals surface area contributed by atoms with E-state index in [1.54, 1.807) is 30.5 Å². The van der Waals surface area contributed by atoms with Gasteiger partial charge >= 0.3 is 5.97 Å². The predicted molar refractivity (Wildman–Crippen MR) is 127 cm³/mol. The number of furan rings is 1. The van der Waals surface area contributed by atoms with Gasteiger partial charge in [-0.3, -0.25) is 9.78 Å². The number of benzene rings is 2. The van der Waals surface area contributed by atoms with Gasteiger partial charge in [-0.15, -0.1) is 0 Å². The second-order valence-corrected chi connectivity index (χ2v) is 8.09.